The van der Waals surface area contributed by atoms with E-state index in [0.29, 0.717) is 11.5 Å². The van der Waals surface area contributed by atoms with Crippen molar-refractivity contribution in [2.45, 2.75) is 0 Å². The molecule has 0 bridgehead atoms. The summed E-state index contributed by atoms with van der Waals surface area (Å²) in [6, 6.07) is 27.9. The average molecular weight is 413 g/mol. The van der Waals surface area contributed by atoms with E-state index in [4.69, 9.17) is 9.26 Å². The molecule has 7 nitrogen and oxygen atoms in total. The molecule has 3 aromatic carbocycles. The minimum Gasteiger partial charge on any atom is -0.483 e. The predicted octanol–water partition coefficient (Wildman–Crippen LogP) is 3.85. The van der Waals surface area contributed by atoms with Gasteiger partial charge in [0.15, 0.2) is 18.1 Å². The predicted molar refractivity (Wildman–Crippen MR) is 115 cm³/mol. The summed E-state index contributed by atoms with van der Waals surface area (Å²) in [5.41, 5.74) is 7.31. The first-order chi connectivity index (χ1) is 15.2. The molecule has 0 saturated carbocycles. The van der Waals surface area contributed by atoms with Crippen LogP contribution in [0.15, 0.2) is 95.5 Å². The summed E-state index contributed by atoms with van der Waals surface area (Å²) in [5, 5.41) is 3.74. The van der Waals surface area contributed by atoms with Crippen LogP contribution < -0.4 is 15.6 Å². The van der Waals surface area contributed by atoms with Crippen LogP contribution in [0, 0.1) is 0 Å². The molecule has 2 amide bonds. The van der Waals surface area contributed by atoms with Gasteiger partial charge in [0.05, 0.1) is 0 Å². The average Bonchev–Trinajstić information content (AvgIpc) is 3.33. The minimum absolute atomic E-state index is 0.0505. The van der Waals surface area contributed by atoms with E-state index in [-0.39, 0.29) is 12.3 Å². The molecule has 2 N–H and O–H groups in total. The zero-order valence-electron chi connectivity index (χ0n) is 16.4. The molecule has 0 fully saturated rings. The number of amides is 2. The summed E-state index contributed by atoms with van der Waals surface area (Å²) >= 11 is 0. The van der Waals surface area contributed by atoms with Crippen LogP contribution in [0.4, 0.5) is 0 Å². The van der Waals surface area contributed by atoms with Gasteiger partial charge in [-0.2, -0.15) is 0 Å². The summed E-state index contributed by atoms with van der Waals surface area (Å²) in [6.07, 6.45) is 0. The van der Waals surface area contributed by atoms with E-state index in [9.17, 15) is 9.59 Å². The van der Waals surface area contributed by atoms with Crippen molar-refractivity contribution in [3.05, 3.63) is 96.7 Å². The van der Waals surface area contributed by atoms with E-state index < -0.39 is 11.8 Å². The Balaban J connectivity index is 1.32. The van der Waals surface area contributed by atoms with E-state index in [2.05, 4.69) is 16.0 Å². The Morgan fingerprint density at radius 2 is 1.45 bits per heavy atom. The molecule has 0 aliphatic carbocycles. The van der Waals surface area contributed by atoms with Crippen LogP contribution in [-0.2, 0) is 4.79 Å². The molecule has 0 radical (unpaired) electrons. The first-order valence-corrected chi connectivity index (χ1v) is 9.59. The number of carbonyl (C=O) groups excluding carboxylic acids is 2. The minimum atomic E-state index is -0.594. The van der Waals surface area contributed by atoms with Crippen molar-refractivity contribution in [2.24, 2.45) is 0 Å². The summed E-state index contributed by atoms with van der Waals surface area (Å²) in [6.45, 7) is -0.266. The zero-order chi connectivity index (χ0) is 21.5. The largest absolute Gasteiger partial charge is 0.483 e. The molecule has 1 aromatic heterocycles. The highest BCUT2D eigenvalue weighted by atomic mass is 16.5. The third kappa shape index (κ3) is 4.97. The molecule has 4 aromatic rings. The molecule has 0 aliphatic heterocycles. The fourth-order valence-corrected chi connectivity index (χ4v) is 2.94. The molecule has 0 atom stereocenters. The Hall–Kier alpha value is -4.39. The van der Waals surface area contributed by atoms with Gasteiger partial charge in [-0.1, -0.05) is 84.0 Å². The quantitative estimate of drug-likeness (QED) is 0.469. The van der Waals surface area contributed by atoms with Gasteiger partial charge >= 0.3 is 0 Å². The highest BCUT2D eigenvalue weighted by Crippen LogP contribution is 2.29. The number of hydrogen-bond acceptors (Lipinski definition) is 5. The normalized spacial score (nSPS) is 10.3. The van der Waals surface area contributed by atoms with Crippen molar-refractivity contribution in [3.8, 4) is 28.2 Å². The monoisotopic (exact) mass is 413 g/mol. The van der Waals surface area contributed by atoms with E-state index in [0.717, 1.165) is 16.7 Å². The molecule has 7 heteroatoms. The van der Waals surface area contributed by atoms with Gasteiger partial charge in [0.25, 0.3) is 11.8 Å². The molecule has 0 aliphatic rings. The van der Waals surface area contributed by atoms with E-state index >= 15 is 0 Å². The van der Waals surface area contributed by atoms with Crippen LogP contribution in [-0.4, -0.2) is 23.6 Å². The third-order valence-corrected chi connectivity index (χ3v) is 4.45. The van der Waals surface area contributed by atoms with E-state index in [1.807, 2.05) is 78.9 Å². The standard InChI is InChI=1S/C24H19N3O4/c28-23(16-30-21-14-8-7-13-19(21)17-9-3-1-4-10-17)25-26-24(29)20-15-22(31-27-20)18-11-5-2-6-12-18/h1-15H,16H2,(H,25,28)(H,26,29). The zero-order valence-corrected chi connectivity index (χ0v) is 16.4. The number of carbonyl (C=O) groups is 2. The lowest BCUT2D eigenvalue weighted by Gasteiger charge is -2.12. The highest BCUT2D eigenvalue weighted by molar-refractivity contribution is 5.94. The lowest BCUT2D eigenvalue weighted by Crippen LogP contribution is -2.43. The van der Waals surface area contributed by atoms with Crippen LogP contribution in [0.2, 0.25) is 0 Å². The number of hydrogen-bond donors (Lipinski definition) is 2. The summed E-state index contributed by atoms with van der Waals surface area (Å²) < 4.78 is 10.8. The Morgan fingerprint density at radius 1 is 0.806 bits per heavy atom. The molecule has 154 valence electrons. The molecule has 1 heterocycles. The Kier molecular flexibility index (Phi) is 6.04. The molecule has 0 unspecified atom stereocenters. The molecular formula is C24H19N3O4. The van der Waals surface area contributed by atoms with Crippen molar-refractivity contribution in [1.82, 2.24) is 16.0 Å². The van der Waals surface area contributed by atoms with Gasteiger partial charge in [0.1, 0.15) is 5.75 Å². The first-order valence-electron chi connectivity index (χ1n) is 9.59. The van der Waals surface area contributed by atoms with Crippen molar-refractivity contribution in [1.29, 1.82) is 0 Å². The lowest BCUT2D eigenvalue weighted by atomic mass is 10.1. The van der Waals surface area contributed by atoms with E-state index in [1.165, 1.54) is 6.07 Å². The first kappa shape index (κ1) is 19.9. The number of benzene rings is 3. The van der Waals surface area contributed by atoms with Crippen LogP contribution in [0.5, 0.6) is 5.75 Å². The lowest BCUT2D eigenvalue weighted by molar-refractivity contribution is -0.123. The third-order valence-electron chi connectivity index (χ3n) is 4.45. The molecule has 4 rings (SSSR count). The van der Waals surface area contributed by atoms with Crippen LogP contribution >= 0.6 is 0 Å². The Bertz CT molecular complexity index is 1170. The van der Waals surface area contributed by atoms with E-state index in [1.54, 1.807) is 6.07 Å². The molecule has 0 spiro atoms. The van der Waals surface area contributed by atoms with Crippen molar-refractivity contribution >= 4 is 11.8 Å². The van der Waals surface area contributed by atoms with Gasteiger partial charge in [-0.3, -0.25) is 20.4 Å². The van der Waals surface area contributed by atoms with Gasteiger partial charge in [-0.05, 0) is 11.6 Å². The molecular weight excluding hydrogens is 394 g/mol. The SMILES string of the molecule is O=C(COc1ccccc1-c1ccccc1)NNC(=O)c1cc(-c2ccccc2)on1. The van der Waals surface area contributed by atoms with Crippen molar-refractivity contribution < 1.29 is 18.8 Å². The van der Waals surface area contributed by atoms with Crippen LogP contribution in [0.3, 0.4) is 0 Å². The summed E-state index contributed by atoms with van der Waals surface area (Å²) in [5.74, 6) is -0.0796. The van der Waals surface area contributed by atoms with Gasteiger partial charge in [0.2, 0.25) is 0 Å². The smallest absolute Gasteiger partial charge is 0.291 e. The molecule has 0 saturated heterocycles. The fraction of sp³-hybridized carbons (Fsp3) is 0.0417. The topological polar surface area (TPSA) is 93.5 Å². The maximum absolute atomic E-state index is 12.2. The van der Waals surface area contributed by atoms with Crippen LogP contribution in [0.1, 0.15) is 10.5 Å². The number of hydrazine groups is 1. The number of para-hydroxylation sites is 1. The maximum atomic E-state index is 12.2. The van der Waals surface area contributed by atoms with Gasteiger partial charge < -0.3 is 9.26 Å². The highest BCUT2D eigenvalue weighted by Gasteiger charge is 2.15. The fourth-order valence-electron chi connectivity index (χ4n) is 2.94. The second-order valence-electron chi connectivity index (χ2n) is 6.60. The van der Waals surface area contributed by atoms with Crippen LogP contribution in [0.25, 0.3) is 22.5 Å². The van der Waals surface area contributed by atoms with Crippen molar-refractivity contribution in [3.63, 3.8) is 0 Å². The number of rotatable bonds is 6. The molecule has 31 heavy (non-hydrogen) atoms. The number of nitrogens with zero attached hydrogens (tertiary/aromatic N) is 1. The van der Waals surface area contributed by atoms with Crippen molar-refractivity contribution in [2.75, 3.05) is 6.61 Å². The Morgan fingerprint density at radius 3 is 2.19 bits per heavy atom. The summed E-state index contributed by atoms with van der Waals surface area (Å²) in [4.78, 5) is 24.3. The van der Waals surface area contributed by atoms with Gasteiger partial charge in [0, 0.05) is 17.2 Å². The summed E-state index contributed by atoms with van der Waals surface area (Å²) in [7, 11) is 0. The number of nitrogens with one attached hydrogen (secondary N) is 2. The number of aromatic nitrogens is 1. The second kappa shape index (κ2) is 9.41. The Labute approximate surface area is 178 Å². The van der Waals surface area contributed by atoms with Gasteiger partial charge in [-0.25, -0.2) is 0 Å². The second-order valence-corrected chi connectivity index (χ2v) is 6.60. The maximum Gasteiger partial charge on any atom is 0.291 e. The number of ether oxygens (including phenoxy) is 1. The van der Waals surface area contributed by atoms with Gasteiger partial charge in [-0.15, -0.1) is 0 Å².